The van der Waals surface area contributed by atoms with E-state index in [-0.39, 0.29) is 11.9 Å². The molecule has 1 aliphatic rings. The number of carbonyl (C=O) groups excluding carboxylic acids is 2. The Balaban J connectivity index is 2.00. The SMILES string of the molecule is CCCCC(CC)COC(=O)CCCC(=O)OCCC1CCCCC1. The Morgan fingerprint density at radius 1 is 0.960 bits per heavy atom. The van der Waals surface area contributed by atoms with E-state index in [2.05, 4.69) is 13.8 Å². The van der Waals surface area contributed by atoms with Crippen LogP contribution in [0.4, 0.5) is 0 Å². The van der Waals surface area contributed by atoms with Crippen molar-refractivity contribution >= 4 is 11.9 Å². The maximum atomic E-state index is 11.8. The van der Waals surface area contributed by atoms with Gasteiger partial charge in [-0.25, -0.2) is 0 Å². The molecule has 4 heteroatoms. The van der Waals surface area contributed by atoms with Crippen LogP contribution in [-0.2, 0) is 19.1 Å². The minimum Gasteiger partial charge on any atom is -0.466 e. The fourth-order valence-electron chi connectivity index (χ4n) is 3.45. The zero-order valence-electron chi connectivity index (χ0n) is 16.4. The minimum atomic E-state index is -0.190. The third kappa shape index (κ3) is 11.2. The van der Waals surface area contributed by atoms with Crippen molar-refractivity contribution in [1.29, 1.82) is 0 Å². The van der Waals surface area contributed by atoms with E-state index in [0.717, 1.165) is 25.2 Å². The van der Waals surface area contributed by atoms with Crippen LogP contribution >= 0.6 is 0 Å². The normalized spacial score (nSPS) is 16.4. The number of hydrogen-bond donors (Lipinski definition) is 0. The van der Waals surface area contributed by atoms with Crippen LogP contribution in [0.3, 0.4) is 0 Å². The molecule has 0 amide bonds. The summed E-state index contributed by atoms with van der Waals surface area (Å²) >= 11 is 0. The lowest BCUT2D eigenvalue weighted by atomic mass is 9.87. The van der Waals surface area contributed by atoms with Crippen LogP contribution in [-0.4, -0.2) is 25.2 Å². The Hall–Kier alpha value is -1.06. The molecule has 0 bridgehead atoms. The molecule has 1 aliphatic carbocycles. The van der Waals surface area contributed by atoms with Crippen LogP contribution < -0.4 is 0 Å². The van der Waals surface area contributed by atoms with Crippen LogP contribution in [0.5, 0.6) is 0 Å². The molecule has 25 heavy (non-hydrogen) atoms. The predicted molar refractivity (Wildman–Crippen MR) is 100 cm³/mol. The summed E-state index contributed by atoms with van der Waals surface area (Å²) in [6, 6.07) is 0. The molecule has 1 unspecified atom stereocenters. The van der Waals surface area contributed by atoms with E-state index >= 15 is 0 Å². The van der Waals surface area contributed by atoms with Crippen LogP contribution in [0.2, 0.25) is 0 Å². The fraction of sp³-hybridized carbons (Fsp3) is 0.905. The molecule has 146 valence electrons. The number of unbranched alkanes of at least 4 members (excludes halogenated alkanes) is 1. The van der Waals surface area contributed by atoms with Gasteiger partial charge in [-0.15, -0.1) is 0 Å². The van der Waals surface area contributed by atoms with Crippen LogP contribution in [0.15, 0.2) is 0 Å². The van der Waals surface area contributed by atoms with Crippen molar-refractivity contribution < 1.29 is 19.1 Å². The molecule has 1 fully saturated rings. The first kappa shape index (κ1) is 22.0. The van der Waals surface area contributed by atoms with E-state index < -0.39 is 0 Å². The highest BCUT2D eigenvalue weighted by Gasteiger charge is 2.14. The lowest BCUT2D eigenvalue weighted by Gasteiger charge is -2.21. The van der Waals surface area contributed by atoms with Crippen LogP contribution in [0.1, 0.15) is 97.3 Å². The maximum Gasteiger partial charge on any atom is 0.305 e. The summed E-state index contributed by atoms with van der Waals surface area (Å²) in [6.07, 6.45) is 13.2. The standard InChI is InChI=1S/C21H38O4/c1-3-5-10-18(4-2)17-25-21(23)14-9-13-20(22)24-16-15-19-11-7-6-8-12-19/h18-19H,3-17H2,1-2H3. The lowest BCUT2D eigenvalue weighted by molar-refractivity contribution is -0.146. The molecule has 4 nitrogen and oxygen atoms in total. The average molecular weight is 355 g/mol. The first-order chi connectivity index (χ1) is 12.2. The van der Waals surface area contributed by atoms with Gasteiger partial charge < -0.3 is 9.47 Å². The molecule has 1 saturated carbocycles. The summed E-state index contributed by atoms with van der Waals surface area (Å²) in [5.41, 5.74) is 0. The van der Waals surface area contributed by atoms with E-state index in [4.69, 9.17) is 9.47 Å². The first-order valence-corrected chi connectivity index (χ1v) is 10.5. The highest BCUT2D eigenvalue weighted by atomic mass is 16.5. The average Bonchev–Trinajstić information content (AvgIpc) is 2.63. The molecule has 0 aromatic carbocycles. The number of hydrogen-bond acceptors (Lipinski definition) is 4. The number of ether oxygens (including phenoxy) is 2. The molecule has 0 heterocycles. The summed E-state index contributed by atoms with van der Waals surface area (Å²) in [4.78, 5) is 23.5. The van der Waals surface area contributed by atoms with E-state index in [1.807, 2.05) is 0 Å². The Morgan fingerprint density at radius 3 is 2.28 bits per heavy atom. The number of esters is 2. The maximum absolute atomic E-state index is 11.8. The van der Waals surface area contributed by atoms with Gasteiger partial charge in [0, 0.05) is 12.8 Å². The molecule has 1 atom stereocenters. The molecule has 0 aliphatic heterocycles. The second-order valence-electron chi connectivity index (χ2n) is 7.47. The van der Waals surface area contributed by atoms with Crippen molar-refractivity contribution in [2.45, 2.75) is 97.3 Å². The van der Waals surface area contributed by atoms with Gasteiger partial charge in [-0.05, 0) is 31.1 Å². The molecule has 1 rings (SSSR count). The Morgan fingerprint density at radius 2 is 1.64 bits per heavy atom. The summed E-state index contributed by atoms with van der Waals surface area (Å²) in [6.45, 7) is 5.36. The molecule has 0 radical (unpaired) electrons. The molecule has 0 aromatic heterocycles. The minimum absolute atomic E-state index is 0.182. The molecule has 0 saturated heterocycles. The first-order valence-electron chi connectivity index (χ1n) is 10.5. The predicted octanol–water partition coefficient (Wildman–Crippen LogP) is 5.43. The quantitative estimate of drug-likeness (QED) is 0.414. The van der Waals surface area contributed by atoms with Gasteiger partial charge in [0.25, 0.3) is 0 Å². The Bertz CT molecular complexity index is 361. The lowest BCUT2D eigenvalue weighted by Crippen LogP contribution is -2.15. The molecular weight excluding hydrogens is 316 g/mol. The summed E-state index contributed by atoms with van der Waals surface area (Å²) in [5.74, 6) is 0.826. The van der Waals surface area contributed by atoms with E-state index in [0.29, 0.717) is 38.4 Å². The second-order valence-corrected chi connectivity index (χ2v) is 7.47. The van der Waals surface area contributed by atoms with E-state index in [1.165, 1.54) is 44.9 Å². The van der Waals surface area contributed by atoms with Gasteiger partial charge in [0.15, 0.2) is 0 Å². The summed E-state index contributed by atoms with van der Waals surface area (Å²) < 4.78 is 10.6. The molecule has 0 N–H and O–H groups in total. The van der Waals surface area contributed by atoms with Gasteiger partial charge in [-0.3, -0.25) is 9.59 Å². The van der Waals surface area contributed by atoms with E-state index in [1.54, 1.807) is 0 Å². The van der Waals surface area contributed by atoms with Crippen molar-refractivity contribution in [2.75, 3.05) is 13.2 Å². The third-order valence-electron chi connectivity index (χ3n) is 5.30. The highest BCUT2D eigenvalue weighted by Crippen LogP contribution is 2.26. The van der Waals surface area contributed by atoms with Gasteiger partial charge in [-0.2, -0.15) is 0 Å². The van der Waals surface area contributed by atoms with Gasteiger partial charge >= 0.3 is 11.9 Å². The van der Waals surface area contributed by atoms with Crippen molar-refractivity contribution in [1.82, 2.24) is 0 Å². The van der Waals surface area contributed by atoms with Crippen LogP contribution in [0.25, 0.3) is 0 Å². The highest BCUT2D eigenvalue weighted by molar-refractivity contribution is 5.72. The van der Waals surface area contributed by atoms with Crippen molar-refractivity contribution in [2.24, 2.45) is 11.8 Å². The third-order valence-corrected chi connectivity index (χ3v) is 5.30. The largest absolute Gasteiger partial charge is 0.466 e. The monoisotopic (exact) mass is 354 g/mol. The van der Waals surface area contributed by atoms with Crippen molar-refractivity contribution in [3.8, 4) is 0 Å². The van der Waals surface area contributed by atoms with Crippen LogP contribution in [0, 0.1) is 11.8 Å². The van der Waals surface area contributed by atoms with E-state index in [9.17, 15) is 9.59 Å². The molecular formula is C21H38O4. The van der Waals surface area contributed by atoms with Crippen molar-refractivity contribution in [3.05, 3.63) is 0 Å². The zero-order chi connectivity index (χ0) is 18.3. The van der Waals surface area contributed by atoms with Gasteiger partial charge in [0.2, 0.25) is 0 Å². The summed E-state index contributed by atoms with van der Waals surface area (Å²) in [5, 5.41) is 0. The summed E-state index contributed by atoms with van der Waals surface area (Å²) in [7, 11) is 0. The van der Waals surface area contributed by atoms with Gasteiger partial charge in [0.05, 0.1) is 13.2 Å². The molecule has 0 spiro atoms. The topological polar surface area (TPSA) is 52.6 Å². The Labute approximate surface area is 154 Å². The van der Waals surface area contributed by atoms with Gasteiger partial charge in [0.1, 0.15) is 0 Å². The molecule has 0 aromatic rings. The number of carbonyl (C=O) groups is 2. The second kappa shape index (κ2) is 14.1. The Kier molecular flexibility index (Phi) is 12.4. The van der Waals surface area contributed by atoms with Crippen molar-refractivity contribution in [3.63, 3.8) is 0 Å². The van der Waals surface area contributed by atoms with Gasteiger partial charge in [-0.1, -0.05) is 65.2 Å². The smallest absolute Gasteiger partial charge is 0.305 e. The zero-order valence-corrected chi connectivity index (χ0v) is 16.4. The number of rotatable bonds is 13. The fourth-order valence-corrected chi connectivity index (χ4v) is 3.45.